The molecule has 2 saturated carbocycles. The molecule has 0 saturated heterocycles. The van der Waals surface area contributed by atoms with E-state index in [-0.39, 0.29) is 0 Å². The number of nitrogens with one attached hydrogen (secondary N) is 2. The van der Waals surface area contributed by atoms with Crippen LogP contribution < -0.4 is 10.9 Å². The van der Waals surface area contributed by atoms with Gasteiger partial charge in [-0.1, -0.05) is 49.5 Å². The zero-order valence-electron chi connectivity index (χ0n) is 27.5. The zero-order valence-corrected chi connectivity index (χ0v) is 27.5. The highest BCUT2D eigenvalue weighted by molar-refractivity contribution is 5.86. The fourth-order valence-corrected chi connectivity index (χ4v) is 10.2. The van der Waals surface area contributed by atoms with E-state index >= 15 is 0 Å². The van der Waals surface area contributed by atoms with Gasteiger partial charge in [0.25, 0.3) is 0 Å². The Balaban J connectivity index is 1.48. The molecule has 0 spiro atoms. The first kappa shape index (κ1) is 29.9. The van der Waals surface area contributed by atoms with Crippen LogP contribution in [0.15, 0.2) is 45.7 Å². The van der Waals surface area contributed by atoms with Crippen LogP contribution in [0.25, 0.3) is 0 Å². The Morgan fingerprint density at radius 1 is 0.900 bits per heavy atom. The molecule has 3 heteroatoms. The van der Waals surface area contributed by atoms with Crippen LogP contribution in [0.1, 0.15) is 126 Å². The summed E-state index contributed by atoms with van der Waals surface area (Å²) >= 11 is 0. The monoisotopic (exact) mass is 546 g/mol. The minimum atomic E-state index is 0.303. The lowest BCUT2D eigenvalue weighted by Gasteiger charge is -2.54. The average Bonchev–Trinajstić information content (AvgIpc) is 2.89. The number of hydrazine groups is 1. The average molecular weight is 547 g/mol. The van der Waals surface area contributed by atoms with Crippen molar-refractivity contribution < 1.29 is 4.58 Å². The summed E-state index contributed by atoms with van der Waals surface area (Å²) in [5.74, 6) is 2.97. The smallest absolute Gasteiger partial charge is 0.158 e. The van der Waals surface area contributed by atoms with Crippen LogP contribution in [0.3, 0.4) is 0 Å². The number of allylic oxidation sites excluding steroid dienone is 8. The molecule has 2 fully saturated rings. The molecule has 0 aromatic rings. The van der Waals surface area contributed by atoms with Gasteiger partial charge in [0.2, 0.25) is 0 Å². The molecular formula is C37H60N3+. The van der Waals surface area contributed by atoms with Crippen molar-refractivity contribution in [2.24, 2.45) is 34.5 Å². The van der Waals surface area contributed by atoms with Crippen molar-refractivity contribution in [2.45, 2.75) is 132 Å². The van der Waals surface area contributed by atoms with Crippen molar-refractivity contribution in [3.05, 3.63) is 45.7 Å². The van der Waals surface area contributed by atoms with E-state index in [1.165, 1.54) is 81.9 Å². The number of hydrogen-bond acceptors (Lipinski definition) is 2. The van der Waals surface area contributed by atoms with E-state index in [0.29, 0.717) is 16.9 Å². The van der Waals surface area contributed by atoms with Crippen LogP contribution in [-0.2, 0) is 0 Å². The molecule has 0 aromatic carbocycles. The number of fused-ring (bicyclic) bond motifs is 3. The first-order valence-corrected chi connectivity index (χ1v) is 16.8. The summed E-state index contributed by atoms with van der Waals surface area (Å²) in [7, 11) is 4.78. The third-order valence-electron chi connectivity index (χ3n) is 11.9. The Labute approximate surface area is 246 Å². The summed E-state index contributed by atoms with van der Waals surface area (Å²) in [6.45, 7) is 16.7. The lowest BCUT2D eigenvalue weighted by atomic mass is 9.49. The van der Waals surface area contributed by atoms with Gasteiger partial charge in [-0.05, 0) is 139 Å². The highest BCUT2D eigenvalue weighted by Crippen LogP contribution is 2.60. The van der Waals surface area contributed by atoms with Crippen molar-refractivity contribution in [3.63, 3.8) is 0 Å². The molecule has 6 unspecified atom stereocenters. The van der Waals surface area contributed by atoms with Gasteiger partial charge in [-0.2, -0.15) is 0 Å². The highest BCUT2D eigenvalue weighted by atomic mass is 15.4. The third-order valence-corrected chi connectivity index (χ3v) is 11.9. The highest BCUT2D eigenvalue weighted by Gasteiger charge is 2.55. The Morgan fingerprint density at radius 2 is 1.52 bits per heavy atom. The number of nitrogens with zero attached hydrogens (tertiary/aromatic N) is 1. The quantitative estimate of drug-likeness (QED) is 0.198. The summed E-state index contributed by atoms with van der Waals surface area (Å²) in [6, 6.07) is 0.444. The standard InChI is InChI=1S/C37H60N3/c1-24(2)22-33-26(5)14-18-31-29(12-10-20-36(31,33)6)35(40(8)9)30-13-11-21-37(7)32(30)19-16-27-15-17-28(23-34(27)37)39-38-25(3)4/h22-23,25,29-32,38-39H,10-21H2,1-9H3/q+1. The van der Waals surface area contributed by atoms with Crippen LogP contribution in [0.4, 0.5) is 0 Å². The van der Waals surface area contributed by atoms with Gasteiger partial charge in [0.1, 0.15) is 14.1 Å². The Hall–Kier alpha value is -1.61. The molecule has 0 radical (unpaired) electrons. The molecule has 5 aliphatic rings. The fraction of sp³-hybridized carbons (Fsp3) is 0.757. The summed E-state index contributed by atoms with van der Waals surface area (Å²) in [4.78, 5) is 0. The minimum Gasteiger partial charge on any atom is -0.325 e. The van der Waals surface area contributed by atoms with Crippen LogP contribution in [0.5, 0.6) is 0 Å². The lowest BCUT2D eigenvalue weighted by molar-refractivity contribution is -0.471. The second-order valence-corrected chi connectivity index (χ2v) is 15.5. The molecule has 3 nitrogen and oxygen atoms in total. The van der Waals surface area contributed by atoms with Gasteiger partial charge in [-0.3, -0.25) is 0 Å². The maximum absolute atomic E-state index is 3.58. The predicted octanol–water partition coefficient (Wildman–Crippen LogP) is 8.89. The van der Waals surface area contributed by atoms with Gasteiger partial charge in [-0.15, -0.1) is 0 Å². The molecule has 2 N–H and O–H groups in total. The van der Waals surface area contributed by atoms with Gasteiger partial charge in [-0.25, -0.2) is 10.0 Å². The summed E-state index contributed by atoms with van der Waals surface area (Å²) < 4.78 is 2.62. The molecule has 0 heterocycles. The van der Waals surface area contributed by atoms with Crippen molar-refractivity contribution in [3.8, 4) is 0 Å². The molecule has 5 aliphatic carbocycles. The molecule has 0 aliphatic heterocycles. The van der Waals surface area contributed by atoms with E-state index in [1.807, 2.05) is 5.71 Å². The maximum Gasteiger partial charge on any atom is 0.158 e. The Morgan fingerprint density at radius 3 is 2.15 bits per heavy atom. The minimum absolute atomic E-state index is 0.303. The molecule has 0 amide bonds. The van der Waals surface area contributed by atoms with Crippen LogP contribution >= 0.6 is 0 Å². The van der Waals surface area contributed by atoms with Crippen LogP contribution in [0.2, 0.25) is 0 Å². The van der Waals surface area contributed by atoms with Gasteiger partial charge >= 0.3 is 0 Å². The Bertz CT molecular complexity index is 1140. The maximum atomic E-state index is 3.58. The number of rotatable bonds is 6. The van der Waals surface area contributed by atoms with Crippen molar-refractivity contribution in [1.82, 2.24) is 10.9 Å². The fourth-order valence-electron chi connectivity index (χ4n) is 10.2. The normalized spacial score (nSPS) is 35.9. The number of hydrogen-bond donors (Lipinski definition) is 2. The second-order valence-electron chi connectivity index (χ2n) is 15.5. The molecule has 0 aromatic heterocycles. The molecule has 0 bridgehead atoms. The SMILES string of the molecule is CC(C)=CC1=C(C)CCC2C(C(C3CCCC4(C)C5=C(CCC(NNC(C)C)=C5)CCC34)=[N+](C)C)CCCC12C. The topological polar surface area (TPSA) is 27.1 Å². The van der Waals surface area contributed by atoms with E-state index in [2.05, 4.69) is 90.1 Å². The van der Waals surface area contributed by atoms with E-state index in [1.54, 1.807) is 22.3 Å². The van der Waals surface area contributed by atoms with Crippen LogP contribution in [-0.4, -0.2) is 30.4 Å². The third kappa shape index (κ3) is 5.34. The largest absolute Gasteiger partial charge is 0.325 e. The zero-order chi connectivity index (χ0) is 28.8. The summed E-state index contributed by atoms with van der Waals surface area (Å²) in [5.41, 5.74) is 19.2. The lowest BCUT2D eigenvalue weighted by Crippen LogP contribution is -2.51. The first-order chi connectivity index (χ1) is 19.0. The predicted molar refractivity (Wildman–Crippen MR) is 171 cm³/mol. The van der Waals surface area contributed by atoms with E-state index < -0.39 is 0 Å². The van der Waals surface area contributed by atoms with Crippen molar-refractivity contribution in [2.75, 3.05) is 14.1 Å². The second kappa shape index (κ2) is 11.6. The van der Waals surface area contributed by atoms with Gasteiger partial charge in [0.15, 0.2) is 5.71 Å². The molecular weight excluding hydrogens is 486 g/mol. The summed E-state index contributed by atoms with van der Waals surface area (Å²) in [6.07, 6.45) is 21.1. The van der Waals surface area contributed by atoms with Gasteiger partial charge in [0.05, 0.1) is 0 Å². The van der Waals surface area contributed by atoms with Crippen molar-refractivity contribution >= 4 is 5.71 Å². The van der Waals surface area contributed by atoms with Crippen LogP contribution in [0, 0.1) is 34.5 Å². The molecule has 222 valence electrons. The first-order valence-electron chi connectivity index (χ1n) is 16.8. The molecule has 5 rings (SSSR count). The van der Waals surface area contributed by atoms with E-state index in [4.69, 9.17) is 0 Å². The van der Waals surface area contributed by atoms with Gasteiger partial charge < -0.3 is 5.43 Å². The Kier molecular flexibility index (Phi) is 8.65. The van der Waals surface area contributed by atoms with E-state index in [0.717, 1.165) is 30.1 Å². The summed E-state index contributed by atoms with van der Waals surface area (Å²) in [5, 5.41) is 0. The van der Waals surface area contributed by atoms with Gasteiger partial charge in [0, 0.05) is 23.6 Å². The van der Waals surface area contributed by atoms with Crippen molar-refractivity contribution in [1.29, 1.82) is 0 Å². The van der Waals surface area contributed by atoms with E-state index in [9.17, 15) is 0 Å². The molecule has 6 atom stereocenters. The molecule has 40 heavy (non-hydrogen) atoms.